The summed E-state index contributed by atoms with van der Waals surface area (Å²) in [6, 6.07) is 17.6. The first kappa shape index (κ1) is 17.5. The fraction of sp³-hybridized carbons (Fsp3) is 0.350. The van der Waals surface area contributed by atoms with Gasteiger partial charge in [-0.25, -0.2) is 0 Å². The predicted octanol–water partition coefficient (Wildman–Crippen LogP) is 2.82. The molecule has 0 aliphatic carbocycles. The first-order valence-electron chi connectivity index (χ1n) is 8.57. The van der Waals surface area contributed by atoms with Crippen molar-refractivity contribution in [1.29, 1.82) is 0 Å². The molecule has 2 aromatic rings. The monoisotopic (exact) mass is 340 g/mol. The molecule has 1 amide bonds. The summed E-state index contributed by atoms with van der Waals surface area (Å²) in [4.78, 5) is 14.1. The van der Waals surface area contributed by atoms with Crippen LogP contribution in [0.15, 0.2) is 54.6 Å². The van der Waals surface area contributed by atoms with Crippen LogP contribution >= 0.6 is 0 Å². The third-order valence-corrected chi connectivity index (χ3v) is 4.17. The molecule has 0 radical (unpaired) electrons. The largest absolute Gasteiger partial charge is 0.457 e. The summed E-state index contributed by atoms with van der Waals surface area (Å²) in [5.74, 6) is 1.71. The van der Waals surface area contributed by atoms with Crippen LogP contribution in [0, 0.1) is 0 Å². The number of morpholine rings is 1. The Morgan fingerprint density at radius 1 is 1.16 bits per heavy atom. The summed E-state index contributed by atoms with van der Waals surface area (Å²) in [6.45, 7) is 2.71. The van der Waals surface area contributed by atoms with Gasteiger partial charge in [0.05, 0.1) is 13.2 Å². The molecular formula is C20H24N2O3. The van der Waals surface area contributed by atoms with Crippen molar-refractivity contribution in [2.24, 2.45) is 0 Å². The SMILES string of the molecule is CN(Cc1ccc(Oc2ccccc2)cc1)C(=O)CC1COCCN1. The molecule has 1 heterocycles. The minimum atomic E-state index is 0.116. The molecule has 1 unspecified atom stereocenters. The van der Waals surface area contributed by atoms with E-state index in [-0.39, 0.29) is 11.9 Å². The van der Waals surface area contributed by atoms with Gasteiger partial charge in [-0.15, -0.1) is 0 Å². The Bertz CT molecular complexity index is 667. The van der Waals surface area contributed by atoms with Crippen molar-refractivity contribution in [1.82, 2.24) is 10.2 Å². The van der Waals surface area contributed by atoms with Gasteiger partial charge in [0.1, 0.15) is 11.5 Å². The third kappa shape index (κ3) is 5.31. The quantitative estimate of drug-likeness (QED) is 0.878. The van der Waals surface area contributed by atoms with E-state index >= 15 is 0 Å². The van der Waals surface area contributed by atoms with E-state index in [1.54, 1.807) is 4.90 Å². The molecule has 5 nitrogen and oxygen atoms in total. The number of nitrogens with zero attached hydrogens (tertiary/aromatic N) is 1. The molecule has 5 heteroatoms. The highest BCUT2D eigenvalue weighted by molar-refractivity contribution is 5.76. The smallest absolute Gasteiger partial charge is 0.224 e. The summed E-state index contributed by atoms with van der Waals surface area (Å²) in [6.07, 6.45) is 0.464. The van der Waals surface area contributed by atoms with Crippen LogP contribution in [-0.2, 0) is 16.1 Å². The molecule has 0 saturated carbocycles. The number of carbonyl (C=O) groups is 1. The van der Waals surface area contributed by atoms with Gasteiger partial charge in [-0.1, -0.05) is 30.3 Å². The molecule has 25 heavy (non-hydrogen) atoms. The number of benzene rings is 2. The molecule has 0 spiro atoms. The first-order valence-corrected chi connectivity index (χ1v) is 8.57. The normalized spacial score (nSPS) is 17.1. The lowest BCUT2D eigenvalue weighted by Gasteiger charge is -2.25. The van der Waals surface area contributed by atoms with Crippen LogP contribution in [0.3, 0.4) is 0 Å². The van der Waals surface area contributed by atoms with E-state index in [2.05, 4.69) is 5.32 Å². The molecule has 0 bridgehead atoms. The molecule has 1 saturated heterocycles. The number of rotatable bonds is 6. The molecule has 1 fully saturated rings. The number of hydrogen-bond acceptors (Lipinski definition) is 4. The minimum absolute atomic E-state index is 0.116. The van der Waals surface area contributed by atoms with Crippen LogP contribution in [0.4, 0.5) is 0 Å². The van der Waals surface area contributed by atoms with Crippen molar-refractivity contribution in [3.63, 3.8) is 0 Å². The Kier molecular flexibility index (Phi) is 6.04. The molecule has 1 atom stereocenters. The number of para-hydroxylation sites is 1. The van der Waals surface area contributed by atoms with Gasteiger partial charge >= 0.3 is 0 Å². The lowest BCUT2D eigenvalue weighted by atomic mass is 10.1. The van der Waals surface area contributed by atoms with E-state index in [1.807, 2.05) is 61.6 Å². The van der Waals surface area contributed by atoms with Crippen molar-refractivity contribution >= 4 is 5.91 Å². The molecular weight excluding hydrogens is 316 g/mol. The van der Waals surface area contributed by atoms with Gasteiger partial charge in [-0.3, -0.25) is 4.79 Å². The molecule has 1 aliphatic heterocycles. The summed E-state index contributed by atoms with van der Waals surface area (Å²) in [7, 11) is 1.83. The fourth-order valence-corrected chi connectivity index (χ4v) is 2.77. The summed E-state index contributed by atoms with van der Waals surface area (Å²) >= 11 is 0. The average molecular weight is 340 g/mol. The zero-order valence-corrected chi connectivity index (χ0v) is 14.5. The van der Waals surface area contributed by atoms with Crippen molar-refractivity contribution in [2.75, 3.05) is 26.8 Å². The van der Waals surface area contributed by atoms with Crippen molar-refractivity contribution < 1.29 is 14.3 Å². The number of ether oxygens (including phenoxy) is 2. The number of hydrogen-bond donors (Lipinski definition) is 1. The maximum atomic E-state index is 12.3. The van der Waals surface area contributed by atoms with Crippen LogP contribution in [0.2, 0.25) is 0 Å². The second-order valence-electron chi connectivity index (χ2n) is 6.24. The highest BCUT2D eigenvalue weighted by Crippen LogP contribution is 2.21. The van der Waals surface area contributed by atoms with E-state index in [1.165, 1.54) is 0 Å². The van der Waals surface area contributed by atoms with E-state index in [4.69, 9.17) is 9.47 Å². The van der Waals surface area contributed by atoms with Crippen LogP contribution < -0.4 is 10.1 Å². The van der Waals surface area contributed by atoms with Gasteiger partial charge < -0.3 is 19.7 Å². The predicted molar refractivity (Wildman–Crippen MR) is 96.7 cm³/mol. The highest BCUT2D eigenvalue weighted by Gasteiger charge is 2.19. The maximum absolute atomic E-state index is 12.3. The zero-order chi connectivity index (χ0) is 17.5. The maximum Gasteiger partial charge on any atom is 0.224 e. The summed E-state index contributed by atoms with van der Waals surface area (Å²) in [5, 5.41) is 3.31. The van der Waals surface area contributed by atoms with Crippen LogP contribution in [0.1, 0.15) is 12.0 Å². The summed E-state index contributed by atoms with van der Waals surface area (Å²) < 4.78 is 11.2. The third-order valence-electron chi connectivity index (χ3n) is 4.17. The second-order valence-corrected chi connectivity index (χ2v) is 6.24. The van der Waals surface area contributed by atoms with Crippen LogP contribution in [-0.4, -0.2) is 43.7 Å². The zero-order valence-electron chi connectivity index (χ0n) is 14.5. The number of amides is 1. The number of nitrogens with one attached hydrogen (secondary N) is 1. The summed E-state index contributed by atoms with van der Waals surface area (Å²) in [5.41, 5.74) is 1.07. The molecule has 3 rings (SSSR count). The average Bonchev–Trinajstić information content (AvgIpc) is 2.65. The molecule has 1 aliphatic rings. The Morgan fingerprint density at radius 3 is 2.56 bits per heavy atom. The molecule has 2 aromatic carbocycles. The lowest BCUT2D eigenvalue weighted by molar-refractivity contribution is -0.131. The Morgan fingerprint density at radius 2 is 1.88 bits per heavy atom. The standard InChI is InChI=1S/C20H24N2O3/c1-22(20(23)13-17-15-24-12-11-21-17)14-16-7-9-19(10-8-16)25-18-5-3-2-4-6-18/h2-10,17,21H,11-15H2,1H3. The van der Waals surface area contributed by atoms with Gasteiger partial charge in [0.2, 0.25) is 5.91 Å². The molecule has 132 valence electrons. The van der Waals surface area contributed by atoms with Crippen LogP contribution in [0.25, 0.3) is 0 Å². The van der Waals surface area contributed by atoms with E-state index < -0.39 is 0 Å². The van der Waals surface area contributed by atoms with E-state index in [9.17, 15) is 4.79 Å². The van der Waals surface area contributed by atoms with Gasteiger partial charge in [0, 0.05) is 32.6 Å². The molecule has 1 N–H and O–H groups in total. The van der Waals surface area contributed by atoms with Gasteiger partial charge in [0.15, 0.2) is 0 Å². The molecule has 0 aromatic heterocycles. The minimum Gasteiger partial charge on any atom is -0.457 e. The Hall–Kier alpha value is -2.37. The van der Waals surface area contributed by atoms with Crippen molar-refractivity contribution in [2.45, 2.75) is 19.0 Å². The van der Waals surface area contributed by atoms with Crippen molar-refractivity contribution in [3.8, 4) is 11.5 Å². The Labute approximate surface area is 148 Å². The van der Waals surface area contributed by atoms with Crippen LogP contribution in [0.5, 0.6) is 11.5 Å². The van der Waals surface area contributed by atoms with E-state index in [0.29, 0.717) is 19.6 Å². The Balaban J connectivity index is 1.50. The van der Waals surface area contributed by atoms with Gasteiger partial charge in [-0.05, 0) is 29.8 Å². The van der Waals surface area contributed by atoms with Gasteiger partial charge in [-0.2, -0.15) is 0 Å². The van der Waals surface area contributed by atoms with E-state index in [0.717, 1.165) is 30.2 Å². The highest BCUT2D eigenvalue weighted by atomic mass is 16.5. The van der Waals surface area contributed by atoms with Gasteiger partial charge in [0.25, 0.3) is 0 Å². The first-order chi connectivity index (χ1) is 12.2. The fourth-order valence-electron chi connectivity index (χ4n) is 2.77. The lowest BCUT2D eigenvalue weighted by Crippen LogP contribution is -2.44. The number of carbonyl (C=O) groups excluding carboxylic acids is 1. The van der Waals surface area contributed by atoms with Crippen molar-refractivity contribution in [3.05, 3.63) is 60.2 Å². The second kappa shape index (κ2) is 8.65. The topological polar surface area (TPSA) is 50.8 Å².